The van der Waals surface area contributed by atoms with E-state index in [1.807, 2.05) is 18.4 Å². The SMILES string of the molecule is CCc1ccsc1C(N)c1cccc(F)c1F. The van der Waals surface area contributed by atoms with Gasteiger partial charge in [0, 0.05) is 10.4 Å². The van der Waals surface area contributed by atoms with Crippen molar-refractivity contribution in [3.05, 3.63) is 57.3 Å². The first kappa shape index (κ1) is 12.2. The van der Waals surface area contributed by atoms with Crippen LogP contribution in [0.2, 0.25) is 0 Å². The molecule has 0 aliphatic heterocycles. The molecule has 0 amide bonds. The van der Waals surface area contributed by atoms with Gasteiger partial charge in [0.2, 0.25) is 0 Å². The Labute approximate surface area is 103 Å². The van der Waals surface area contributed by atoms with Crippen LogP contribution in [0.3, 0.4) is 0 Å². The third-order valence-corrected chi connectivity index (χ3v) is 3.80. The molecule has 90 valence electrons. The van der Waals surface area contributed by atoms with Gasteiger partial charge in [-0.05, 0) is 29.5 Å². The first-order chi connectivity index (χ1) is 8.15. The van der Waals surface area contributed by atoms with Crippen molar-refractivity contribution in [2.45, 2.75) is 19.4 Å². The molecule has 1 unspecified atom stereocenters. The molecule has 1 heterocycles. The summed E-state index contributed by atoms with van der Waals surface area (Å²) in [5, 5.41) is 1.92. The molecule has 1 aromatic heterocycles. The van der Waals surface area contributed by atoms with Crippen molar-refractivity contribution in [1.82, 2.24) is 0 Å². The molecule has 0 spiro atoms. The Morgan fingerprint density at radius 3 is 2.76 bits per heavy atom. The number of aryl methyl sites for hydroxylation is 1. The van der Waals surface area contributed by atoms with Crippen molar-refractivity contribution in [2.75, 3.05) is 0 Å². The maximum atomic E-state index is 13.6. The number of hydrogen-bond donors (Lipinski definition) is 1. The molecule has 0 saturated heterocycles. The molecule has 2 aromatic rings. The van der Waals surface area contributed by atoms with Crippen LogP contribution >= 0.6 is 11.3 Å². The molecule has 0 fully saturated rings. The van der Waals surface area contributed by atoms with E-state index >= 15 is 0 Å². The Balaban J connectivity index is 2.44. The highest BCUT2D eigenvalue weighted by Gasteiger charge is 2.19. The summed E-state index contributed by atoms with van der Waals surface area (Å²) in [6.45, 7) is 2.01. The third-order valence-electron chi connectivity index (χ3n) is 2.76. The molecule has 0 saturated carbocycles. The first-order valence-electron chi connectivity index (χ1n) is 5.41. The Morgan fingerprint density at radius 2 is 2.06 bits per heavy atom. The van der Waals surface area contributed by atoms with Crippen LogP contribution in [0.25, 0.3) is 0 Å². The van der Waals surface area contributed by atoms with E-state index in [4.69, 9.17) is 5.73 Å². The average molecular weight is 253 g/mol. The van der Waals surface area contributed by atoms with Gasteiger partial charge >= 0.3 is 0 Å². The topological polar surface area (TPSA) is 26.0 Å². The number of nitrogens with two attached hydrogens (primary N) is 1. The van der Waals surface area contributed by atoms with Crippen molar-refractivity contribution in [3.63, 3.8) is 0 Å². The number of benzene rings is 1. The second kappa shape index (κ2) is 4.94. The van der Waals surface area contributed by atoms with Gasteiger partial charge in [0.05, 0.1) is 6.04 Å². The Kier molecular flexibility index (Phi) is 3.54. The quantitative estimate of drug-likeness (QED) is 0.888. The lowest BCUT2D eigenvalue weighted by molar-refractivity contribution is 0.495. The monoisotopic (exact) mass is 253 g/mol. The molecule has 0 aliphatic carbocycles. The summed E-state index contributed by atoms with van der Waals surface area (Å²) in [5.74, 6) is -1.71. The molecule has 17 heavy (non-hydrogen) atoms. The standard InChI is InChI=1S/C13H13F2NS/c1-2-8-6-7-17-13(8)12(16)9-4-3-5-10(14)11(9)15/h3-7,12H,2,16H2,1H3. The normalized spacial score (nSPS) is 12.7. The zero-order chi connectivity index (χ0) is 12.4. The van der Waals surface area contributed by atoms with E-state index < -0.39 is 17.7 Å². The van der Waals surface area contributed by atoms with Crippen molar-refractivity contribution in [2.24, 2.45) is 5.73 Å². The lowest BCUT2D eigenvalue weighted by Gasteiger charge is -2.13. The fourth-order valence-electron chi connectivity index (χ4n) is 1.81. The second-order valence-electron chi connectivity index (χ2n) is 3.78. The molecular formula is C13H13F2NS. The average Bonchev–Trinajstić information content (AvgIpc) is 2.80. The zero-order valence-corrected chi connectivity index (χ0v) is 10.2. The number of halogens is 2. The maximum absolute atomic E-state index is 13.6. The summed E-state index contributed by atoms with van der Waals surface area (Å²) >= 11 is 1.48. The highest BCUT2D eigenvalue weighted by atomic mass is 32.1. The van der Waals surface area contributed by atoms with E-state index in [0.29, 0.717) is 0 Å². The van der Waals surface area contributed by atoms with Gasteiger partial charge in [-0.3, -0.25) is 0 Å². The number of rotatable bonds is 3. The van der Waals surface area contributed by atoms with Crippen LogP contribution in [0, 0.1) is 11.6 Å². The predicted molar refractivity (Wildman–Crippen MR) is 66.1 cm³/mol. The third kappa shape index (κ3) is 2.23. The molecule has 1 nitrogen and oxygen atoms in total. The first-order valence-corrected chi connectivity index (χ1v) is 6.28. The van der Waals surface area contributed by atoms with Gasteiger partial charge in [0.1, 0.15) is 0 Å². The summed E-state index contributed by atoms with van der Waals surface area (Å²) < 4.78 is 26.8. The summed E-state index contributed by atoms with van der Waals surface area (Å²) in [5.41, 5.74) is 7.31. The molecule has 0 radical (unpaired) electrons. The molecule has 2 rings (SSSR count). The second-order valence-corrected chi connectivity index (χ2v) is 4.73. The molecule has 4 heteroatoms. The zero-order valence-electron chi connectivity index (χ0n) is 9.41. The highest BCUT2D eigenvalue weighted by Crippen LogP contribution is 2.30. The van der Waals surface area contributed by atoms with Crippen LogP contribution in [0.4, 0.5) is 8.78 Å². The van der Waals surface area contributed by atoms with Crippen LogP contribution in [-0.4, -0.2) is 0 Å². The van der Waals surface area contributed by atoms with Crippen molar-refractivity contribution in [1.29, 1.82) is 0 Å². The Hall–Kier alpha value is -1.26. The van der Waals surface area contributed by atoms with Gasteiger partial charge in [0.25, 0.3) is 0 Å². The fraction of sp³-hybridized carbons (Fsp3) is 0.231. The van der Waals surface area contributed by atoms with Crippen LogP contribution in [-0.2, 0) is 6.42 Å². The van der Waals surface area contributed by atoms with E-state index in [9.17, 15) is 8.78 Å². The van der Waals surface area contributed by atoms with Gasteiger partial charge in [0.15, 0.2) is 11.6 Å². The summed E-state index contributed by atoms with van der Waals surface area (Å²) in [6.07, 6.45) is 0.837. The lowest BCUT2D eigenvalue weighted by Crippen LogP contribution is -2.14. The molecular weight excluding hydrogens is 240 g/mol. The maximum Gasteiger partial charge on any atom is 0.163 e. The van der Waals surface area contributed by atoms with Crippen LogP contribution in [0.15, 0.2) is 29.6 Å². The Bertz CT molecular complexity index is 522. The lowest BCUT2D eigenvalue weighted by atomic mass is 10.0. The van der Waals surface area contributed by atoms with Gasteiger partial charge in [-0.15, -0.1) is 11.3 Å². The molecule has 1 aromatic carbocycles. The fourth-order valence-corrected chi connectivity index (χ4v) is 2.83. The minimum absolute atomic E-state index is 0.210. The van der Waals surface area contributed by atoms with Gasteiger partial charge in [-0.25, -0.2) is 8.78 Å². The predicted octanol–water partition coefficient (Wildman–Crippen LogP) is 3.64. The van der Waals surface area contributed by atoms with Crippen LogP contribution in [0.5, 0.6) is 0 Å². The van der Waals surface area contributed by atoms with Crippen LogP contribution < -0.4 is 5.73 Å². The Morgan fingerprint density at radius 1 is 1.29 bits per heavy atom. The van der Waals surface area contributed by atoms with E-state index in [2.05, 4.69) is 0 Å². The summed E-state index contributed by atoms with van der Waals surface area (Å²) in [6, 6.07) is 5.48. The van der Waals surface area contributed by atoms with E-state index in [1.165, 1.54) is 23.5 Å². The largest absolute Gasteiger partial charge is 0.320 e. The molecule has 1 atom stereocenters. The van der Waals surface area contributed by atoms with Gasteiger partial charge < -0.3 is 5.73 Å². The smallest absolute Gasteiger partial charge is 0.163 e. The van der Waals surface area contributed by atoms with Crippen molar-refractivity contribution >= 4 is 11.3 Å². The minimum Gasteiger partial charge on any atom is -0.320 e. The van der Waals surface area contributed by atoms with Crippen molar-refractivity contribution < 1.29 is 8.78 Å². The highest BCUT2D eigenvalue weighted by molar-refractivity contribution is 7.10. The minimum atomic E-state index is -0.854. The van der Waals surface area contributed by atoms with E-state index in [-0.39, 0.29) is 5.56 Å². The van der Waals surface area contributed by atoms with Gasteiger partial charge in [-0.1, -0.05) is 19.1 Å². The van der Waals surface area contributed by atoms with Crippen molar-refractivity contribution in [3.8, 4) is 0 Å². The van der Waals surface area contributed by atoms with E-state index in [0.717, 1.165) is 22.9 Å². The van der Waals surface area contributed by atoms with Gasteiger partial charge in [-0.2, -0.15) is 0 Å². The number of hydrogen-bond acceptors (Lipinski definition) is 2. The summed E-state index contributed by atoms with van der Waals surface area (Å²) in [7, 11) is 0. The molecule has 0 aliphatic rings. The number of thiophene rings is 1. The molecule has 0 bridgehead atoms. The summed E-state index contributed by atoms with van der Waals surface area (Å²) in [4.78, 5) is 0.900. The molecule has 2 N–H and O–H groups in total. The van der Waals surface area contributed by atoms with E-state index in [1.54, 1.807) is 0 Å². The van der Waals surface area contributed by atoms with Crippen LogP contribution in [0.1, 0.15) is 29.0 Å².